The fourth-order valence-corrected chi connectivity index (χ4v) is 2.75. The number of carbonyl (C=O) groups is 1. The Morgan fingerprint density at radius 2 is 1.62 bits per heavy atom. The molecule has 0 spiro atoms. The van der Waals surface area contributed by atoms with Crippen LogP contribution in [0.1, 0.15) is 52.2 Å². The first-order chi connectivity index (χ1) is 12.3. The van der Waals surface area contributed by atoms with Gasteiger partial charge in [0.25, 0.3) is 5.91 Å². The number of aryl methyl sites for hydroxylation is 1. The normalized spacial score (nSPS) is 13.7. The van der Waals surface area contributed by atoms with Crippen LogP contribution in [0.4, 0.5) is 0 Å². The van der Waals surface area contributed by atoms with Gasteiger partial charge in [-0.15, -0.1) is 0 Å². The van der Waals surface area contributed by atoms with Gasteiger partial charge in [0.2, 0.25) is 0 Å². The molecule has 0 unspecified atom stereocenters. The average molecular weight is 354 g/mol. The number of hydrogen-bond acceptors (Lipinski definition) is 2. The highest BCUT2D eigenvalue weighted by molar-refractivity contribution is 5.80. The number of nitrogens with one attached hydrogen (secondary N) is 1. The zero-order valence-corrected chi connectivity index (χ0v) is 16.6. The summed E-state index contributed by atoms with van der Waals surface area (Å²) in [6, 6.07) is 18.4. The zero-order chi connectivity index (χ0) is 19.2. The highest BCUT2D eigenvalue weighted by Crippen LogP contribution is 2.24. The fourth-order valence-electron chi connectivity index (χ4n) is 2.75. The lowest BCUT2D eigenvalue weighted by atomic mass is 9.87. The number of ether oxygens (including phenoxy) is 1. The summed E-state index contributed by atoms with van der Waals surface area (Å²) in [4.78, 5) is 12.4. The summed E-state index contributed by atoms with van der Waals surface area (Å²) in [5.74, 6) is 0.642. The Balaban J connectivity index is 1.81. The van der Waals surface area contributed by atoms with Gasteiger partial charge in [0.05, 0.1) is 0 Å². The Morgan fingerprint density at radius 3 is 2.19 bits per heavy atom. The van der Waals surface area contributed by atoms with E-state index in [9.17, 15) is 4.79 Å². The highest BCUT2D eigenvalue weighted by atomic mass is 16.5. The zero-order valence-electron chi connectivity index (χ0n) is 16.6. The summed E-state index contributed by atoms with van der Waals surface area (Å²) < 4.78 is 5.80. The molecule has 3 nitrogen and oxygen atoms in total. The minimum Gasteiger partial charge on any atom is -0.481 e. The third-order valence-electron chi connectivity index (χ3n) is 4.50. The van der Waals surface area contributed by atoms with Crippen molar-refractivity contribution in [2.45, 2.75) is 65.0 Å². The van der Waals surface area contributed by atoms with Crippen molar-refractivity contribution in [2.75, 3.05) is 0 Å². The predicted octanol–water partition coefficient (Wildman–Crippen LogP) is 4.89. The van der Waals surface area contributed by atoms with Gasteiger partial charge in [-0.2, -0.15) is 0 Å². The second kappa shape index (κ2) is 8.88. The summed E-state index contributed by atoms with van der Waals surface area (Å²) in [7, 11) is 0. The molecule has 26 heavy (non-hydrogen) atoms. The lowest BCUT2D eigenvalue weighted by molar-refractivity contribution is -0.127. The molecule has 3 heteroatoms. The number of hydrogen-bond donors (Lipinski definition) is 1. The van der Waals surface area contributed by atoms with E-state index in [1.54, 1.807) is 6.92 Å². The van der Waals surface area contributed by atoms with E-state index in [1.165, 1.54) is 11.1 Å². The second-order valence-electron chi connectivity index (χ2n) is 7.97. The molecule has 0 fully saturated rings. The molecule has 2 aromatic carbocycles. The van der Waals surface area contributed by atoms with E-state index < -0.39 is 6.10 Å². The summed E-state index contributed by atoms with van der Waals surface area (Å²) in [5, 5.41) is 3.04. The van der Waals surface area contributed by atoms with Crippen LogP contribution in [0.2, 0.25) is 0 Å². The van der Waals surface area contributed by atoms with Crippen molar-refractivity contribution in [3.05, 3.63) is 65.7 Å². The summed E-state index contributed by atoms with van der Waals surface area (Å²) in [6.07, 6.45) is 1.34. The van der Waals surface area contributed by atoms with Crippen LogP contribution in [-0.2, 0) is 16.6 Å². The molecule has 0 saturated heterocycles. The number of rotatable bonds is 7. The molecule has 0 bridgehead atoms. The van der Waals surface area contributed by atoms with Crippen LogP contribution in [0.25, 0.3) is 0 Å². The Morgan fingerprint density at radius 1 is 1.00 bits per heavy atom. The lowest BCUT2D eigenvalue weighted by Gasteiger charge is -2.21. The predicted molar refractivity (Wildman–Crippen MR) is 108 cm³/mol. The van der Waals surface area contributed by atoms with Gasteiger partial charge in [-0.05, 0) is 55.4 Å². The van der Waals surface area contributed by atoms with Crippen LogP contribution in [-0.4, -0.2) is 18.1 Å². The van der Waals surface area contributed by atoms with E-state index in [1.807, 2.05) is 37.3 Å². The SMILES string of the molecule is C[C@H](CCc1ccccc1)NC(=O)[C@@H](C)Oc1ccc(C(C)(C)C)cc1. The number of carbonyl (C=O) groups excluding carboxylic acids is 1. The van der Waals surface area contributed by atoms with Crippen molar-refractivity contribution >= 4 is 5.91 Å². The largest absolute Gasteiger partial charge is 0.481 e. The summed E-state index contributed by atoms with van der Waals surface area (Å²) >= 11 is 0. The van der Waals surface area contributed by atoms with Crippen molar-refractivity contribution in [1.82, 2.24) is 5.32 Å². The molecule has 0 radical (unpaired) electrons. The van der Waals surface area contributed by atoms with Gasteiger partial charge < -0.3 is 10.1 Å². The smallest absolute Gasteiger partial charge is 0.260 e. The van der Waals surface area contributed by atoms with Gasteiger partial charge in [0.1, 0.15) is 5.75 Å². The molecular formula is C23H31NO2. The molecule has 140 valence electrons. The molecule has 1 amide bonds. The Bertz CT molecular complexity index is 686. The van der Waals surface area contributed by atoms with E-state index in [4.69, 9.17) is 4.74 Å². The standard InChI is InChI=1S/C23H31NO2/c1-17(11-12-19-9-7-6-8-10-19)24-22(25)18(2)26-21-15-13-20(14-16-21)23(3,4)5/h6-10,13-18H,11-12H2,1-5H3,(H,24,25)/t17-,18-/m1/s1. The van der Waals surface area contributed by atoms with E-state index in [0.29, 0.717) is 0 Å². The van der Waals surface area contributed by atoms with Crippen LogP contribution >= 0.6 is 0 Å². The van der Waals surface area contributed by atoms with E-state index in [0.717, 1.165) is 18.6 Å². The molecule has 0 saturated carbocycles. The van der Waals surface area contributed by atoms with Crippen LogP contribution in [0.3, 0.4) is 0 Å². The Hall–Kier alpha value is -2.29. The maximum Gasteiger partial charge on any atom is 0.260 e. The molecule has 2 rings (SSSR count). The fraction of sp³-hybridized carbons (Fsp3) is 0.435. The first-order valence-electron chi connectivity index (χ1n) is 9.37. The van der Waals surface area contributed by atoms with Crippen molar-refractivity contribution in [3.8, 4) is 5.75 Å². The van der Waals surface area contributed by atoms with Gasteiger partial charge in [-0.3, -0.25) is 4.79 Å². The number of benzene rings is 2. The molecule has 2 atom stereocenters. The Kier molecular flexibility index (Phi) is 6.84. The molecule has 0 aliphatic rings. The third kappa shape index (κ3) is 6.21. The highest BCUT2D eigenvalue weighted by Gasteiger charge is 2.18. The van der Waals surface area contributed by atoms with Gasteiger partial charge in [0, 0.05) is 6.04 Å². The Labute approximate surface area is 157 Å². The minimum absolute atomic E-state index is 0.0783. The summed E-state index contributed by atoms with van der Waals surface area (Å²) in [6.45, 7) is 10.4. The van der Waals surface area contributed by atoms with Gasteiger partial charge in [-0.1, -0.05) is 63.2 Å². The van der Waals surface area contributed by atoms with Crippen molar-refractivity contribution < 1.29 is 9.53 Å². The van der Waals surface area contributed by atoms with Crippen LogP contribution in [0.15, 0.2) is 54.6 Å². The molecule has 0 aromatic heterocycles. The first kappa shape index (κ1) is 20.0. The minimum atomic E-state index is -0.519. The quantitative estimate of drug-likeness (QED) is 0.770. The van der Waals surface area contributed by atoms with E-state index in [-0.39, 0.29) is 17.4 Å². The van der Waals surface area contributed by atoms with E-state index in [2.05, 4.69) is 50.4 Å². The average Bonchev–Trinajstić information content (AvgIpc) is 2.60. The van der Waals surface area contributed by atoms with E-state index >= 15 is 0 Å². The van der Waals surface area contributed by atoms with Crippen molar-refractivity contribution in [1.29, 1.82) is 0 Å². The maximum atomic E-state index is 12.4. The summed E-state index contributed by atoms with van der Waals surface area (Å²) in [5.41, 5.74) is 2.64. The van der Waals surface area contributed by atoms with Gasteiger partial charge >= 0.3 is 0 Å². The second-order valence-corrected chi connectivity index (χ2v) is 7.97. The molecule has 1 N–H and O–H groups in total. The van der Waals surface area contributed by atoms with Crippen molar-refractivity contribution in [2.24, 2.45) is 0 Å². The third-order valence-corrected chi connectivity index (χ3v) is 4.50. The topological polar surface area (TPSA) is 38.3 Å². The van der Waals surface area contributed by atoms with Crippen LogP contribution < -0.4 is 10.1 Å². The molecule has 0 aliphatic carbocycles. The molecule has 0 heterocycles. The molecule has 0 aliphatic heterocycles. The van der Waals surface area contributed by atoms with Crippen LogP contribution in [0, 0.1) is 0 Å². The maximum absolute atomic E-state index is 12.4. The number of amides is 1. The van der Waals surface area contributed by atoms with Crippen molar-refractivity contribution in [3.63, 3.8) is 0 Å². The molecular weight excluding hydrogens is 322 g/mol. The monoisotopic (exact) mass is 353 g/mol. The molecule has 2 aromatic rings. The first-order valence-corrected chi connectivity index (χ1v) is 9.37. The lowest BCUT2D eigenvalue weighted by Crippen LogP contribution is -2.41. The van der Waals surface area contributed by atoms with Crippen LogP contribution in [0.5, 0.6) is 5.75 Å². The van der Waals surface area contributed by atoms with Gasteiger partial charge in [0.15, 0.2) is 6.10 Å². The van der Waals surface area contributed by atoms with Gasteiger partial charge in [-0.25, -0.2) is 0 Å².